The number of halogens is 1. The Hall–Kier alpha value is -2.30. The van der Waals surface area contributed by atoms with E-state index in [4.69, 9.17) is 16.0 Å². The van der Waals surface area contributed by atoms with Crippen LogP contribution < -0.4 is 10.9 Å². The highest BCUT2D eigenvalue weighted by Gasteiger charge is 2.14. The molecule has 24 heavy (non-hydrogen) atoms. The average Bonchev–Trinajstić information content (AvgIpc) is 2.56. The maximum atomic E-state index is 11.8. The summed E-state index contributed by atoms with van der Waals surface area (Å²) in [6.07, 6.45) is 0. The lowest BCUT2D eigenvalue weighted by Crippen LogP contribution is -2.83. The molecule has 3 rings (SSSR count). The Kier molecular flexibility index (Phi) is 4.60. The van der Waals surface area contributed by atoms with Gasteiger partial charge in [-0.25, -0.2) is 4.79 Å². The highest BCUT2D eigenvalue weighted by molar-refractivity contribution is 6.30. The van der Waals surface area contributed by atoms with Crippen LogP contribution in [0.5, 0.6) is 5.75 Å². The average molecular weight is 345 g/mol. The molecule has 0 saturated heterocycles. The van der Waals surface area contributed by atoms with Crippen LogP contribution in [0.15, 0.2) is 51.7 Å². The molecule has 0 aliphatic carbocycles. The molecule has 5 heteroatoms. The predicted octanol–water partition coefficient (Wildman–Crippen LogP) is 3.29. The lowest BCUT2D eigenvalue weighted by atomic mass is 10.0. The standard InChI is InChI=1S/C19H18ClNO3/c1-11-17(22)7-6-16-14(9-18(23)24-19(11)16)10-21-12(2)13-4-3-5-15(20)8-13/h3-9,12,21-22H,10H2,1-2H3/p+1/t12-/m1/s1. The molecule has 0 fully saturated rings. The summed E-state index contributed by atoms with van der Waals surface area (Å²) in [5.74, 6) is 0.124. The zero-order chi connectivity index (χ0) is 17.3. The lowest BCUT2D eigenvalue weighted by Gasteiger charge is -2.13. The quantitative estimate of drug-likeness (QED) is 0.714. The van der Waals surface area contributed by atoms with Crippen molar-refractivity contribution in [3.8, 4) is 5.75 Å². The highest BCUT2D eigenvalue weighted by Crippen LogP contribution is 2.27. The molecular weight excluding hydrogens is 326 g/mol. The first-order valence-electron chi connectivity index (χ1n) is 7.80. The Labute approximate surface area is 144 Å². The van der Waals surface area contributed by atoms with E-state index < -0.39 is 5.63 Å². The summed E-state index contributed by atoms with van der Waals surface area (Å²) < 4.78 is 5.27. The van der Waals surface area contributed by atoms with Crippen molar-refractivity contribution in [3.63, 3.8) is 0 Å². The number of hydrogen-bond acceptors (Lipinski definition) is 3. The summed E-state index contributed by atoms with van der Waals surface area (Å²) in [5.41, 5.74) is 2.63. The van der Waals surface area contributed by atoms with Gasteiger partial charge in [-0.3, -0.25) is 0 Å². The molecule has 124 valence electrons. The fourth-order valence-corrected chi connectivity index (χ4v) is 3.01. The van der Waals surface area contributed by atoms with Crippen molar-refractivity contribution in [1.29, 1.82) is 0 Å². The van der Waals surface area contributed by atoms with Crippen molar-refractivity contribution in [1.82, 2.24) is 0 Å². The summed E-state index contributed by atoms with van der Waals surface area (Å²) in [5, 5.41) is 13.5. The van der Waals surface area contributed by atoms with Gasteiger partial charge in [0.25, 0.3) is 0 Å². The van der Waals surface area contributed by atoms with Gasteiger partial charge >= 0.3 is 5.63 Å². The minimum atomic E-state index is -0.407. The molecule has 1 atom stereocenters. The molecule has 0 spiro atoms. The third-order valence-corrected chi connectivity index (χ3v) is 4.52. The van der Waals surface area contributed by atoms with Crippen LogP contribution >= 0.6 is 11.6 Å². The van der Waals surface area contributed by atoms with E-state index in [2.05, 4.69) is 12.2 Å². The first-order valence-corrected chi connectivity index (χ1v) is 8.17. The number of aryl methyl sites for hydroxylation is 1. The number of phenolic OH excluding ortho intramolecular Hbond substituents is 1. The van der Waals surface area contributed by atoms with Crippen LogP contribution in [0.1, 0.15) is 29.7 Å². The van der Waals surface area contributed by atoms with Gasteiger partial charge in [-0.05, 0) is 38.1 Å². The summed E-state index contributed by atoms with van der Waals surface area (Å²) in [7, 11) is 0. The van der Waals surface area contributed by atoms with Crippen molar-refractivity contribution >= 4 is 22.6 Å². The van der Waals surface area contributed by atoms with Gasteiger partial charge in [-0.2, -0.15) is 0 Å². The molecule has 0 unspecified atom stereocenters. The van der Waals surface area contributed by atoms with E-state index in [1.165, 1.54) is 6.07 Å². The summed E-state index contributed by atoms with van der Waals surface area (Å²) in [4.78, 5) is 11.8. The van der Waals surface area contributed by atoms with Crippen molar-refractivity contribution in [2.75, 3.05) is 0 Å². The minimum Gasteiger partial charge on any atom is -0.508 e. The van der Waals surface area contributed by atoms with Gasteiger partial charge in [0.15, 0.2) is 0 Å². The summed E-state index contributed by atoms with van der Waals surface area (Å²) in [6.45, 7) is 4.46. The molecule has 1 aromatic heterocycles. The number of benzene rings is 2. The Morgan fingerprint density at radius 1 is 1.25 bits per heavy atom. The van der Waals surface area contributed by atoms with Gasteiger partial charge in [-0.15, -0.1) is 0 Å². The Balaban J connectivity index is 1.90. The van der Waals surface area contributed by atoms with Crippen LogP contribution in [0.25, 0.3) is 11.0 Å². The summed E-state index contributed by atoms with van der Waals surface area (Å²) in [6, 6.07) is 12.9. The van der Waals surface area contributed by atoms with E-state index in [1.807, 2.05) is 24.3 Å². The molecule has 0 radical (unpaired) electrons. The number of hydrogen-bond donors (Lipinski definition) is 2. The maximum Gasteiger partial charge on any atom is 0.336 e. The number of nitrogens with two attached hydrogens (primary N) is 1. The van der Waals surface area contributed by atoms with Crippen molar-refractivity contribution in [2.45, 2.75) is 26.4 Å². The molecule has 0 bridgehead atoms. The monoisotopic (exact) mass is 344 g/mol. The molecule has 2 aromatic carbocycles. The number of rotatable bonds is 4. The van der Waals surface area contributed by atoms with Gasteiger partial charge in [-0.1, -0.05) is 23.7 Å². The molecule has 4 nitrogen and oxygen atoms in total. The number of quaternary nitrogens is 1. The molecule has 0 saturated carbocycles. The number of aromatic hydroxyl groups is 1. The van der Waals surface area contributed by atoms with Crippen molar-refractivity contribution < 1.29 is 14.8 Å². The third kappa shape index (κ3) is 3.30. The van der Waals surface area contributed by atoms with Crippen LogP contribution in [-0.2, 0) is 6.54 Å². The van der Waals surface area contributed by atoms with Crippen LogP contribution in [0.2, 0.25) is 5.02 Å². The highest BCUT2D eigenvalue weighted by atomic mass is 35.5. The van der Waals surface area contributed by atoms with E-state index in [-0.39, 0.29) is 11.8 Å². The van der Waals surface area contributed by atoms with Crippen LogP contribution in [0.4, 0.5) is 0 Å². The Morgan fingerprint density at radius 3 is 2.79 bits per heavy atom. The molecule has 1 heterocycles. The van der Waals surface area contributed by atoms with E-state index >= 15 is 0 Å². The normalized spacial score (nSPS) is 12.5. The Bertz CT molecular complexity index is 949. The predicted molar refractivity (Wildman–Crippen MR) is 94.4 cm³/mol. The van der Waals surface area contributed by atoms with Crippen LogP contribution in [0.3, 0.4) is 0 Å². The van der Waals surface area contributed by atoms with Gasteiger partial charge in [0.05, 0.1) is 0 Å². The largest absolute Gasteiger partial charge is 0.508 e. The second-order valence-corrected chi connectivity index (χ2v) is 6.40. The molecular formula is C19H19ClNO3+. The van der Waals surface area contributed by atoms with E-state index in [0.29, 0.717) is 22.7 Å². The molecule has 3 aromatic rings. The first kappa shape index (κ1) is 16.6. The van der Waals surface area contributed by atoms with Crippen molar-refractivity contribution in [3.05, 3.63) is 74.6 Å². The SMILES string of the molecule is Cc1c(O)ccc2c(C[NH2+][C@H](C)c3cccc(Cl)c3)cc(=O)oc12. The second-order valence-electron chi connectivity index (χ2n) is 5.96. The van der Waals surface area contributed by atoms with E-state index in [1.54, 1.807) is 19.1 Å². The van der Waals surface area contributed by atoms with Gasteiger partial charge in [0.1, 0.15) is 23.9 Å². The smallest absolute Gasteiger partial charge is 0.336 e. The van der Waals surface area contributed by atoms with E-state index in [9.17, 15) is 9.90 Å². The number of phenols is 1. The van der Waals surface area contributed by atoms with Gasteiger partial charge in [0.2, 0.25) is 0 Å². The maximum absolute atomic E-state index is 11.8. The minimum absolute atomic E-state index is 0.124. The third-order valence-electron chi connectivity index (χ3n) is 4.28. The fourth-order valence-electron chi connectivity index (χ4n) is 2.81. The molecule has 0 aliphatic heterocycles. The first-order chi connectivity index (χ1) is 11.5. The van der Waals surface area contributed by atoms with Crippen LogP contribution in [0, 0.1) is 6.92 Å². The van der Waals surface area contributed by atoms with Crippen LogP contribution in [-0.4, -0.2) is 5.11 Å². The number of fused-ring (bicyclic) bond motifs is 1. The zero-order valence-electron chi connectivity index (χ0n) is 13.5. The van der Waals surface area contributed by atoms with Gasteiger partial charge in [0, 0.05) is 33.2 Å². The summed E-state index contributed by atoms with van der Waals surface area (Å²) >= 11 is 6.05. The lowest BCUT2D eigenvalue weighted by molar-refractivity contribution is -0.707. The Morgan fingerprint density at radius 2 is 2.04 bits per heavy atom. The molecule has 0 amide bonds. The van der Waals surface area contributed by atoms with Gasteiger partial charge < -0.3 is 14.8 Å². The van der Waals surface area contributed by atoms with Crippen molar-refractivity contribution in [2.24, 2.45) is 0 Å². The fraction of sp³-hybridized carbons (Fsp3) is 0.211. The van der Waals surface area contributed by atoms with E-state index in [0.717, 1.165) is 16.5 Å². The topological polar surface area (TPSA) is 67.1 Å². The molecule has 0 aliphatic rings. The second kappa shape index (κ2) is 6.67. The zero-order valence-corrected chi connectivity index (χ0v) is 14.3. The molecule has 3 N–H and O–H groups in total.